The molecule has 1 aromatic carbocycles. The average Bonchev–Trinajstić information content (AvgIpc) is 3.02. The topological polar surface area (TPSA) is 59.0 Å². The van der Waals surface area contributed by atoms with Gasteiger partial charge in [0.25, 0.3) is 5.91 Å². The van der Waals surface area contributed by atoms with Crippen molar-refractivity contribution in [2.24, 2.45) is 0 Å². The van der Waals surface area contributed by atoms with E-state index in [1.54, 1.807) is 0 Å². The lowest BCUT2D eigenvalue weighted by Crippen LogP contribution is -2.30. The summed E-state index contributed by atoms with van der Waals surface area (Å²) in [6.45, 7) is 4.49. The molecule has 2 heterocycles. The van der Waals surface area contributed by atoms with E-state index in [-0.39, 0.29) is 5.91 Å². The molecule has 1 saturated heterocycles. The van der Waals surface area contributed by atoms with Gasteiger partial charge < -0.3 is 10.6 Å². The van der Waals surface area contributed by atoms with Crippen LogP contribution in [0.15, 0.2) is 36.5 Å². The normalized spacial score (nSPS) is 18.1. The van der Waals surface area contributed by atoms with Gasteiger partial charge in [0.05, 0.1) is 16.9 Å². The third kappa shape index (κ3) is 3.04. The van der Waals surface area contributed by atoms with Gasteiger partial charge in [-0.3, -0.25) is 4.79 Å². The Morgan fingerprint density at radius 1 is 1.41 bits per heavy atom. The van der Waals surface area contributed by atoms with Crippen LogP contribution in [0.25, 0.3) is 5.69 Å². The molecule has 22 heavy (non-hydrogen) atoms. The van der Waals surface area contributed by atoms with Crippen LogP contribution >= 0.6 is 0 Å². The molecule has 1 aliphatic heterocycles. The smallest absolute Gasteiger partial charge is 0.254 e. The van der Waals surface area contributed by atoms with Crippen molar-refractivity contribution in [3.8, 4) is 5.69 Å². The zero-order valence-corrected chi connectivity index (χ0v) is 12.9. The van der Waals surface area contributed by atoms with E-state index < -0.39 is 0 Å². The van der Waals surface area contributed by atoms with Crippen LogP contribution in [-0.4, -0.2) is 35.3 Å². The van der Waals surface area contributed by atoms with E-state index in [0.29, 0.717) is 18.0 Å². The number of hydrogen-bond donors (Lipinski definition) is 2. The molecule has 2 N–H and O–H groups in total. The van der Waals surface area contributed by atoms with Gasteiger partial charge in [-0.15, -0.1) is 0 Å². The summed E-state index contributed by atoms with van der Waals surface area (Å²) in [6, 6.07) is 9.92. The number of para-hydroxylation sites is 1. The predicted octanol–water partition coefficient (Wildman–Crippen LogP) is 2.09. The van der Waals surface area contributed by atoms with Crippen molar-refractivity contribution < 1.29 is 4.79 Å². The first-order valence-corrected chi connectivity index (χ1v) is 7.93. The first kappa shape index (κ1) is 14.8. The van der Waals surface area contributed by atoms with Crippen molar-refractivity contribution in [3.63, 3.8) is 0 Å². The van der Waals surface area contributed by atoms with Gasteiger partial charge in [0.1, 0.15) is 0 Å². The number of amides is 1. The monoisotopic (exact) mass is 298 g/mol. The fourth-order valence-corrected chi connectivity index (χ4v) is 2.92. The van der Waals surface area contributed by atoms with Crippen molar-refractivity contribution in [1.82, 2.24) is 20.4 Å². The third-order valence-electron chi connectivity index (χ3n) is 4.03. The number of aromatic nitrogens is 2. The maximum atomic E-state index is 12.4. The number of piperidine rings is 1. The Morgan fingerprint density at radius 2 is 2.23 bits per heavy atom. The fourth-order valence-electron chi connectivity index (χ4n) is 2.92. The molecule has 0 spiro atoms. The zero-order valence-electron chi connectivity index (χ0n) is 12.9. The molecule has 1 fully saturated rings. The molecule has 0 unspecified atom stereocenters. The van der Waals surface area contributed by atoms with Crippen molar-refractivity contribution in [2.75, 3.05) is 19.6 Å². The Kier molecular flexibility index (Phi) is 4.53. The molecule has 0 bridgehead atoms. The number of carbonyl (C=O) groups excluding carboxylic acids is 1. The van der Waals surface area contributed by atoms with Crippen LogP contribution in [0.4, 0.5) is 0 Å². The van der Waals surface area contributed by atoms with Gasteiger partial charge in [0.2, 0.25) is 0 Å². The third-order valence-corrected chi connectivity index (χ3v) is 4.03. The van der Waals surface area contributed by atoms with Crippen LogP contribution < -0.4 is 10.6 Å². The molecule has 3 rings (SSSR count). The Hall–Kier alpha value is -2.14. The van der Waals surface area contributed by atoms with Crippen molar-refractivity contribution in [2.45, 2.75) is 25.7 Å². The van der Waals surface area contributed by atoms with Crippen LogP contribution in [0.2, 0.25) is 0 Å². The lowest BCUT2D eigenvalue weighted by atomic mass is 9.93. The van der Waals surface area contributed by atoms with E-state index in [0.717, 1.165) is 37.3 Å². The van der Waals surface area contributed by atoms with Gasteiger partial charge in [0, 0.05) is 25.2 Å². The molecule has 0 aliphatic carbocycles. The van der Waals surface area contributed by atoms with E-state index >= 15 is 0 Å². The number of rotatable bonds is 4. The molecule has 5 nitrogen and oxygen atoms in total. The van der Waals surface area contributed by atoms with Gasteiger partial charge in [-0.2, -0.15) is 5.10 Å². The lowest BCUT2D eigenvalue weighted by Gasteiger charge is -2.21. The molecule has 1 aromatic heterocycles. The summed E-state index contributed by atoms with van der Waals surface area (Å²) >= 11 is 0. The van der Waals surface area contributed by atoms with Gasteiger partial charge in [-0.25, -0.2) is 4.68 Å². The zero-order chi connectivity index (χ0) is 15.4. The van der Waals surface area contributed by atoms with E-state index in [2.05, 4.69) is 10.6 Å². The van der Waals surface area contributed by atoms with Gasteiger partial charge in [-0.1, -0.05) is 18.2 Å². The van der Waals surface area contributed by atoms with Crippen LogP contribution in [-0.2, 0) is 0 Å². The molecule has 0 radical (unpaired) electrons. The minimum absolute atomic E-state index is 0.0368. The second-order valence-corrected chi connectivity index (χ2v) is 5.61. The highest BCUT2D eigenvalue weighted by atomic mass is 16.1. The van der Waals surface area contributed by atoms with Crippen LogP contribution in [0.3, 0.4) is 0 Å². The number of nitrogens with zero attached hydrogens (tertiary/aromatic N) is 2. The molecule has 1 aliphatic rings. The minimum Gasteiger partial charge on any atom is -0.352 e. The number of carbonyl (C=O) groups is 1. The van der Waals surface area contributed by atoms with Crippen LogP contribution in [0.5, 0.6) is 0 Å². The Balaban J connectivity index is 1.98. The van der Waals surface area contributed by atoms with E-state index in [9.17, 15) is 4.79 Å². The maximum Gasteiger partial charge on any atom is 0.254 e. The molecular formula is C17H22N4O. The molecule has 116 valence electrons. The summed E-state index contributed by atoms with van der Waals surface area (Å²) in [6.07, 6.45) is 4.05. The summed E-state index contributed by atoms with van der Waals surface area (Å²) in [5.41, 5.74) is 2.57. The lowest BCUT2D eigenvalue weighted by molar-refractivity contribution is 0.0954. The minimum atomic E-state index is -0.0368. The second-order valence-electron chi connectivity index (χ2n) is 5.61. The maximum absolute atomic E-state index is 12.4. The predicted molar refractivity (Wildman–Crippen MR) is 86.4 cm³/mol. The first-order chi connectivity index (χ1) is 10.8. The summed E-state index contributed by atoms with van der Waals surface area (Å²) in [7, 11) is 0. The molecular weight excluding hydrogens is 276 g/mol. The highest BCUT2D eigenvalue weighted by Gasteiger charge is 2.25. The largest absolute Gasteiger partial charge is 0.352 e. The number of benzene rings is 1. The Labute approximate surface area is 130 Å². The van der Waals surface area contributed by atoms with Gasteiger partial charge in [0.15, 0.2) is 0 Å². The van der Waals surface area contributed by atoms with Gasteiger partial charge in [-0.05, 0) is 38.4 Å². The van der Waals surface area contributed by atoms with E-state index in [1.807, 2.05) is 48.1 Å². The second kappa shape index (κ2) is 6.75. The summed E-state index contributed by atoms with van der Waals surface area (Å²) in [5.74, 6) is 0.265. The Morgan fingerprint density at radius 3 is 2.91 bits per heavy atom. The quantitative estimate of drug-likeness (QED) is 0.908. The average molecular weight is 298 g/mol. The van der Waals surface area contributed by atoms with Gasteiger partial charge >= 0.3 is 0 Å². The van der Waals surface area contributed by atoms with Crippen LogP contribution in [0.1, 0.15) is 41.7 Å². The summed E-state index contributed by atoms with van der Waals surface area (Å²) < 4.78 is 1.81. The SMILES string of the molecule is CCNC(=O)c1cn(-c2ccccc2)nc1[C@@H]1CCCNC1. The molecule has 1 atom stereocenters. The van der Waals surface area contributed by atoms with E-state index in [4.69, 9.17) is 5.10 Å². The molecule has 5 heteroatoms. The van der Waals surface area contributed by atoms with Crippen molar-refractivity contribution >= 4 is 5.91 Å². The van der Waals surface area contributed by atoms with E-state index in [1.165, 1.54) is 0 Å². The number of nitrogens with one attached hydrogen (secondary N) is 2. The Bertz CT molecular complexity index is 629. The van der Waals surface area contributed by atoms with Crippen LogP contribution in [0, 0.1) is 0 Å². The summed E-state index contributed by atoms with van der Waals surface area (Å²) in [5, 5.41) is 11.0. The highest BCUT2D eigenvalue weighted by molar-refractivity contribution is 5.95. The van der Waals surface area contributed by atoms with Crippen molar-refractivity contribution in [1.29, 1.82) is 0 Å². The number of hydrogen-bond acceptors (Lipinski definition) is 3. The molecule has 1 amide bonds. The molecule has 2 aromatic rings. The summed E-state index contributed by atoms with van der Waals surface area (Å²) in [4.78, 5) is 12.4. The fraction of sp³-hybridized carbons (Fsp3) is 0.412. The standard InChI is InChI=1S/C17H22N4O/c1-2-19-17(22)15-12-21(14-8-4-3-5-9-14)20-16(15)13-7-6-10-18-11-13/h3-5,8-9,12-13,18H,2,6-7,10-11H2,1H3,(H,19,22)/t13-/m1/s1. The molecule has 0 saturated carbocycles. The first-order valence-electron chi connectivity index (χ1n) is 7.93. The highest BCUT2D eigenvalue weighted by Crippen LogP contribution is 2.26. The van der Waals surface area contributed by atoms with Crippen molar-refractivity contribution in [3.05, 3.63) is 47.8 Å².